The maximum Gasteiger partial charge on any atom is 0.341 e. The van der Waals surface area contributed by atoms with E-state index in [1.165, 1.54) is 5.01 Å². The molecule has 31 heavy (non-hydrogen) atoms. The number of hydrazone groups is 1. The monoisotopic (exact) mass is 432 g/mol. The molecule has 3 aromatic rings. The Morgan fingerprint density at radius 3 is 2.52 bits per heavy atom. The highest BCUT2D eigenvalue weighted by atomic mass is 35.5. The number of carboxylic acid groups (broad SMARTS) is 1. The first-order valence-electron chi connectivity index (χ1n) is 9.42. The number of aliphatic carboxylic acids is 1. The van der Waals surface area contributed by atoms with Gasteiger partial charge in [0.05, 0.1) is 11.3 Å². The van der Waals surface area contributed by atoms with Crippen LogP contribution in [-0.2, 0) is 9.59 Å². The van der Waals surface area contributed by atoms with Crippen molar-refractivity contribution >= 4 is 41.0 Å². The molecule has 0 atom stereocenters. The lowest BCUT2D eigenvalue weighted by molar-refractivity contribution is -0.139. The number of rotatable bonds is 6. The Kier molecular flexibility index (Phi) is 5.82. The molecule has 154 valence electrons. The molecule has 0 aromatic heterocycles. The first kappa shape index (κ1) is 20.4. The number of carboxylic acids is 1. The van der Waals surface area contributed by atoms with E-state index in [9.17, 15) is 9.59 Å². The number of carbonyl (C=O) groups excluding carboxylic acids is 1. The Hall–Kier alpha value is -3.90. The minimum Gasteiger partial charge on any atom is -0.481 e. The highest BCUT2D eigenvalue weighted by Crippen LogP contribution is 2.31. The average Bonchev–Trinajstić information content (AvgIpc) is 3.10. The number of halogens is 1. The molecular weight excluding hydrogens is 416 g/mol. The molecule has 7 heteroatoms. The molecular formula is C24H17ClN2O4. The number of anilines is 1. The van der Waals surface area contributed by atoms with Gasteiger partial charge in [-0.3, -0.25) is 4.79 Å². The van der Waals surface area contributed by atoms with Gasteiger partial charge in [0.25, 0.3) is 5.91 Å². The van der Waals surface area contributed by atoms with Gasteiger partial charge in [-0.25, -0.2) is 4.79 Å². The van der Waals surface area contributed by atoms with Crippen molar-refractivity contribution < 1.29 is 19.4 Å². The minimum absolute atomic E-state index is 0.325. The number of amides is 1. The number of carbonyl (C=O) groups is 2. The van der Waals surface area contributed by atoms with Crippen LogP contribution in [0.2, 0.25) is 5.02 Å². The van der Waals surface area contributed by atoms with E-state index in [1.807, 2.05) is 30.3 Å². The van der Waals surface area contributed by atoms with E-state index in [4.69, 9.17) is 21.4 Å². The van der Waals surface area contributed by atoms with E-state index < -0.39 is 12.6 Å². The summed E-state index contributed by atoms with van der Waals surface area (Å²) in [7, 11) is 0. The Bertz CT molecular complexity index is 1200. The van der Waals surface area contributed by atoms with Crippen molar-refractivity contribution in [3.8, 4) is 5.75 Å². The van der Waals surface area contributed by atoms with Gasteiger partial charge >= 0.3 is 5.97 Å². The van der Waals surface area contributed by atoms with Crippen molar-refractivity contribution in [1.29, 1.82) is 0 Å². The SMILES string of the molecule is O=C(O)COc1ccccc1/C=C1\C(=O)N(c2cccc(Cl)c2)N=C1c1ccccc1. The predicted molar refractivity (Wildman–Crippen MR) is 119 cm³/mol. The summed E-state index contributed by atoms with van der Waals surface area (Å²) >= 11 is 6.11. The zero-order valence-electron chi connectivity index (χ0n) is 16.2. The zero-order valence-corrected chi connectivity index (χ0v) is 17.0. The molecule has 0 radical (unpaired) electrons. The molecule has 0 bridgehead atoms. The van der Waals surface area contributed by atoms with E-state index in [-0.39, 0.29) is 5.91 Å². The molecule has 4 rings (SSSR count). The fourth-order valence-corrected chi connectivity index (χ4v) is 3.35. The first-order chi connectivity index (χ1) is 15.0. The Balaban J connectivity index is 1.80. The van der Waals surface area contributed by atoms with Crippen LogP contribution >= 0.6 is 11.6 Å². The van der Waals surface area contributed by atoms with E-state index >= 15 is 0 Å². The largest absolute Gasteiger partial charge is 0.481 e. The molecule has 0 saturated carbocycles. The van der Waals surface area contributed by atoms with Gasteiger partial charge < -0.3 is 9.84 Å². The third kappa shape index (κ3) is 4.49. The number of hydrogen-bond acceptors (Lipinski definition) is 4. The minimum atomic E-state index is -1.09. The molecule has 3 aromatic carbocycles. The van der Waals surface area contributed by atoms with Crippen molar-refractivity contribution in [2.75, 3.05) is 11.6 Å². The van der Waals surface area contributed by atoms with Gasteiger partial charge in [0.15, 0.2) is 6.61 Å². The molecule has 0 aliphatic carbocycles. The maximum absolute atomic E-state index is 13.3. The van der Waals surface area contributed by atoms with Crippen molar-refractivity contribution in [3.63, 3.8) is 0 Å². The molecule has 0 spiro atoms. The van der Waals surface area contributed by atoms with Crippen LogP contribution in [0.25, 0.3) is 6.08 Å². The maximum atomic E-state index is 13.3. The van der Waals surface area contributed by atoms with Crippen LogP contribution in [0.5, 0.6) is 5.75 Å². The molecule has 6 nitrogen and oxygen atoms in total. The van der Waals surface area contributed by atoms with Crippen LogP contribution in [0, 0.1) is 0 Å². The number of benzene rings is 3. The summed E-state index contributed by atoms with van der Waals surface area (Å²) in [5, 5.41) is 15.3. The molecule has 1 aliphatic heterocycles. The van der Waals surface area contributed by atoms with Gasteiger partial charge in [0, 0.05) is 16.1 Å². The molecule has 0 fully saturated rings. The lowest BCUT2D eigenvalue weighted by Gasteiger charge is -2.12. The predicted octanol–water partition coefficient (Wildman–Crippen LogP) is 4.64. The fourth-order valence-electron chi connectivity index (χ4n) is 3.16. The smallest absolute Gasteiger partial charge is 0.341 e. The van der Waals surface area contributed by atoms with E-state index in [0.717, 1.165) is 5.56 Å². The third-order valence-electron chi connectivity index (χ3n) is 4.55. The third-order valence-corrected chi connectivity index (χ3v) is 4.78. The second-order valence-electron chi connectivity index (χ2n) is 6.69. The summed E-state index contributed by atoms with van der Waals surface area (Å²) in [6, 6.07) is 23.2. The van der Waals surface area contributed by atoms with Crippen molar-refractivity contribution in [2.45, 2.75) is 0 Å². The van der Waals surface area contributed by atoms with Crippen LogP contribution in [0.3, 0.4) is 0 Å². The van der Waals surface area contributed by atoms with Gasteiger partial charge in [0.1, 0.15) is 11.5 Å². The summed E-state index contributed by atoms with van der Waals surface area (Å²) in [6.07, 6.45) is 1.66. The van der Waals surface area contributed by atoms with Gasteiger partial charge in [0.2, 0.25) is 0 Å². The fraction of sp³-hybridized carbons (Fsp3) is 0.0417. The zero-order chi connectivity index (χ0) is 21.8. The molecule has 0 saturated heterocycles. The summed E-state index contributed by atoms with van der Waals surface area (Å²) in [5.41, 5.74) is 2.75. The second-order valence-corrected chi connectivity index (χ2v) is 7.13. The standard InChI is InChI=1S/C24H17ClN2O4/c25-18-10-6-11-19(14-18)27-24(30)20(23(26-27)16-7-2-1-3-8-16)13-17-9-4-5-12-21(17)31-15-22(28)29/h1-14H,15H2,(H,28,29)/b20-13-. The van der Waals surface area contributed by atoms with Crippen LogP contribution < -0.4 is 9.75 Å². The topological polar surface area (TPSA) is 79.2 Å². The number of ether oxygens (including phenoxy) is 1. The quantitative estimate of drug-likeness (QED) is 0.575. The van der Waals surface area contributed by atoms with Crippen molar-refractivity contribution in [1.82, 2.24) is 0 Å². The van der Waals surface area contributed by atoms with Crippen molar-refractivity contribution in [2.24, 2.45) is 5.10 Å². The Labute approximate surface area is 183 Å². The number of para-hydroxylation sites is 1. The highest BCUT2D eigenvalue weighted by molar-refractivity contribution is 6.37. The van der Waals surface area contributed by atoms with Crippen LogP contribution in [-0.4, -0.2) is 29.3 Å². The number of hydrogen-bond donors (Lipinski definition) is 1. The molecule has 1 aliphatic rings. The summed E-state index contributed by atoms with van der Waals surface area (Å²) in [4.78, 5) is 24.3. The van der Waals surface area contributed by atoms with Crippen molar-refractivity contribution in [3.05, 3.63) is 101 Å². The average molecular weight is 433 g/mol. The number of nitrogens with zero attached hydrogens (tertiary/aromatic N) is 2. The van der Waals surface area contributed by atoms with Crippen LogP contribution in [0.15, 0.2) is 89.5 Å². The molecule has 1 N–H and O–H groups in total. The Morgan fingerprint density at radius 1 is 1.03 bits per heavy atom. The van der Waals surface area contributed by atoms with Gasteiger partial charge in [-0.15, -0.1) is 0 Å². The normalized spacial score (nSPS) is 14.6. The van der Waals surface area contributed by atoms with E-state index in [2.05, 4.69) is 5.10 Å². The molecule has 1 amide bonds. The first-order valence-corrected chi connectivity index (χ1v) is 9.80. The molecule has 0 unspecified atom stereocenters. The lowest BCUT2D eigenvalue weighted by atomic mass is 10.00. The van der Waals surface area contributed by atoms with Gasteiger partial charge in [-0.2, -0.15) is 10.1 Å². The lowest BCUT2D eigenvalue weighted by Crippen LogP contribution is -2.21. The summed E-state index contributed by atoms with van der Waals surface area (Å²) < 4.78 is 5.39. The van der Waals surface area contributed by atoms with E-state index in [1.54, 1.807) is 54.6 Å². The Morgan fingerprint density at radius 2 is 1.77 bits per heavy atom. The molecule has 1 heterocycles. The van der Waals surface area contributed by atoms with Crippen LogP contribution in [0.1, 0.15) is 11.1 Å². The van der Waals surface area contributed by atoms with E-state index in [0.29, 0.717) is 33.3 Å². The van der Waals surface area contributed by atoms with Gasteiger partial charge in [-0.05, 0) is 30.3 Å². The van der Waals surface area contributed by atoms with Crippen LogP contribution in [0.4, 0.5) is 5.69 Å². The summed E-state index contributed by atoms with van der Waals surface area (Å²) in [6.45, 7) is -0.484. The van der Waals surface area contributed by atoms with Gasteiger partial charge in [-0.1, -0.05) is 66.2 Å². The highest BCUT2D eigenvalue weighted by Gasteiger charge is 2.32. The summed E-state index contributed by atoms with van der Waals surface area (Å²) in [5.74, 6) is -1.05. The second kappa shape index (κ2) is 8.85.